The molecule has 1 rings (SSSR count). The van der Waals surface area contributed by atoms with Gasteiger partial charge in [-0.25, -0.2) is 0 Å². The average Bonchev–Trinajstić information content (AvgIpc) is 2.31. The van der Waals surface area contributed by atoms with Crippen molar-refractivity contribution in [2.45, 2.75) is 77.3 Å². The van der Waals surface area contributed by atoms with Crippen molar-refractivity contribution in [1.29, 1.82) is 0 Å². The van der Waals surface area contributed by atoms with E-state index in [9.17, 15) is 0 Å². The van der Waals surface area contributed by atoms with Crippen LogP contribution in [0.25, 0.3) is 0 Å². The Bertz CT molecular complexity index is 164. The summed E-state index contributed by atoms with van der Waals surface area (Å²) in [7, 11) is 0. The molecule has 1 aliphatic rings. The van der Waals surface area contributed by atoms with Crippen LogP contribution >= 0.6 is 0 Å². The van der Waals surface area contributed by atoms with E-state index in [-0.39, 0.29) is 0 Å². The van der Waals surface area contributed by atoms with E-state index in [0.717, 1.165) is 18.8 Å². The van der Waals surface area contributed by atoms with Gasteiger partial charge < -0.3 is 10.4 Å². The van der Waals surface area contributed by atoms with E-state index in [1.165, 1.54) is 38.5 Å². The van der Waals surface area contributed by atoms with Gasteiger partial charge in [0.05, 0.1) is 0 Å². The molecule has 2 N–H and O–H groups in total. The lowest BCUT2D eigenvalue weighted by Crippen LogP contribution is -2.40. The largest absolute Gasteiger partial charge is 0.396 e. The third-order valence-corrected chi connectivity index (χ3v) is 3.99. The zero-order valence-corrected chi connectivity index (χ0v) is 11.0. The molecule has 2 nitrogen and oxygen atoms in total. The second-order valence-corrected chi connectivity index (χ2v) is 5.29. The van der Waals surface area contributed by atoms with Crippen molar-refractivity contribution in [3.05, 3.63) is 0 Å². The molecule has 0 heterocycles. The normalized spacial score (nSPS) is 27.9. The predicted octanol–water partition coefficient (Wildman–Crippen LogP) is 3.10. The second kappa shape index (κ2) is 8.08. The molecule has 0 aromatic rings. The number of nitrogens with one attached hydrogen (secondary N) is 1. The number of hydrogen-bond acceptors (Lipinski definition) is 2. The average molecular weight is 227 g/mol. The van der Waals surface area contributed by atoms with Gasteiger partial charge in [-0.15, -0.1) is 0 Å². The molecule has 0 aromatic heterocycles. The molecular formula is C14H29NO. The third kappa shape index (κ3) is 4.84. The molecule has 0 aromatic carbocycles. The molecule has 2 heteroatoms. The van der Waals surface area contributed by atoms with Crippen LogP contribution in [-0.4, -0.2) is 23.8 Å². The maximum Gasteiger partial charge on any atom is 0.0445 e. The van der Waals surface area contributed by atoms with Crippen molar-refractivity contribution >= 4 is 0 Å². The van der Waals surface area contributed by atoms with Gasteiger partial charge in [0.2, 0.25) is 0 Å². The van der Waals surface area contributed by atoms with Crippen LogP contribution in [0.15, 0.2) is 0 Å². The molecule has 96 valence electrons. The van der Waals surface area contributed by atoms with Gasteiger partial charge in [0.15, 0.2) is 0 Å². The van der Waals surface area contributed by atoms with Gasteiger partial charge >= 0.3 is 0 Å². The summed E-state index contributed by atoms with van der Waals surface area (Å²) in [6.07, 6.45) is 10.3. The molecule has 0 saturated heterocycles. The zero-order valence-electron chi connectivity index (χ0n) is 11.0. The fraction of sp³-hybridized carbons (Fsp3) is 1.00. The molecule has 1 saturated carbocycles. The Morgan fingerprint density at radius 1 is 1.19 bits per heavy atom. The molecular weight excluding hydrogens is 198 g/mol. The highest BCUT2D eigenvalue weighted by molar-refractivity contribution is 4.80. The van der Waals surface area contributed by atoms with Gasteiger partial charge in [-0.2, -0.15) is 0 Å². The molecule has 1 aliphatic carbocycles. The van der Waals surface area contributed by atoms with E-state index in [1.807, 2.05) is 0 Å². The molecule has 0 amide bonds. The summed E-state index contributed by atoms with van der Waals surface area (Å²) in [6, 6.07) is 1.24. The minimum Gasteiger partial charge on any atom is -0.396 e. The maximum absolute atomic E-state index is 8.97. The van der Waals surface area contributed by atoms with Crippen LogP contribution in [-0.2, 0) is 0 Å². The summed E-state index contributed by atoms with van der Waals surface area (Å²) in [5.74, 6) is 0.987. The van der Waals surface area contributed by atoms with Gasteiger partial charge in [-0.1, -0.05) is 26.7 Å². The first kappa shape index (κ1) is 14.0. The Morgan fingerprint density at radius 2 is 1.88 bits per heavy atom. The summed E-state index contributed by atoms with van der Waals surface area (Å²) >= 11 is 0. The van der Waals surface area contributed by atoms with Gasteiger partial charge in [0.1, 0.15) is 0 Å². The highest BCUT2D eigenvalue weighted by Gasteiger charge is 2.21. The van der Waals surface area contributed by atoms with E-state index in [2.05, 4.69) is 19.2 Å². The predicted molar refractivity (Wildman–Crippen MR) is 69.6 cm³/mol. The fourth-order valence-electron chi connectivity index (χ4n) is 2.92. The van der Waals surface area contributed by atoms with Crippen LogP contribution in [0.3, 0.4) is 0 Å². The summed E-state index contributed by atoms with van der Waals surface area (Å²) in [6.45, 7) is 4.81. The van der Waals surface area contributed by atoms with Crippen LogP contribution in [0.2, 0.25) is 0 Å². The van der Waals surface area contributed by atoms with Crippen LogP contribution < -0.4 is 5.32 Å². The minimum atomic E-state index is 0.316. The first-order valence-electron chi connectivity index (χ1n) is 7.17. The Hall–Kier alpha value is -0.0800. The van der Waals surface area contributed by atoms with Gasteiger partial charge in [-0.3, -0.25) is 0 Å². The van der Waals surface area contributed by atoms with Crippen molar-refractivity contribution < 1.29 is 5.11 Å². The molecule has 16 heavy (non-hydrogen) atoms. The Kier molecular flexibility index (Phi) is 7.06. The lowest BCUT2D eigenvalue weighted by Gasteiger charge is -2.31. The molecule has 1 atom stereocenters. The van der Waals surface area contributed by atoms with Crippen molar-refractivity contribution in [3.63, 3.8) is 0 Å². The highest BCUT2D eigenvalue weighted by Crippen LogP contribution is 2.28. The Balaban J connectivity index is 2.20. The Labute approximate surface area is 101 Å². The summed E-state index contributed by atoms with van der Waals surface area (Å²) < 4.78 is 0. The van der Waals surface area contributed by atoms with Gasteiger partial charge in [-0.05, 0) is 44.4 Å². The smallest absolute Gasteiger partial charge is 0.0445 e. The van der Waals surface area contributed by atoms with Crippen LogP contribution in [0, 0.1) is 5.92 Å². The topological polar surface area (TPSA) is 32.3 Å². The molecule has 1 unspecified atom stereocenters. The van der Waals surface area contributed by atoms with E-state index in [0.29, 0.717) is 18.7 Å². The second-order valence-electron chi connectivity index (χ2n) is 5.29. The lowest BCUT2D eigenvalue weighted by molar-refractivity contribution is 0.227. The first-order chi connectivity index (χ1) is 7.80. The van der Waals surface area contributed by atoms with E-state index < -0.39 is 0 Å². The van der Waals surface area contributed by atoms with Crippen molar-refractivity contribution in [1.82, 2.24) is 5.32 Å². The standard InChI is InChI=1S/C14H29NO/c1-3-5-12-6-8-14(9-7-12)15-13(4-2)10-11-16/h12-16H,3-11H2,1-2H3. The number of aliphatic hydroxyl groups excluding tert-OH is 1. The molecule has 1 fully saturated rings. The summed E-state index contributed by atoms with van der Waals surface area (Å²) in [5, 5.41) is 12.7. The SMILES string of the molecule is CCCC1CCC(NC(CC)CCO)CC1. The summed E-state index contributed by atoms with van der Waals surface area (Å²) in [4.78, 5) is 0. The Morgan fingerprint density at radius 3 is 2.38 bits per heavy atom. The zero-order chi connectivity index (χ0) is 11.8. The van der Waals surface area contributed by atoms with E-state index in [4.69, 9.17) is 5.11 Å². The molecule has 0 aliphatic heterocycles. The van der Waals surface area contributed by atoms with Gasteiger partial charge in [0, 0.05) is 18.7 Å². The van der Waals surface area contributed by atoms with Crippen LogP contribution in [0.4, 0.5) is 0 Å². The highest BCUT2D eigenvalue weighted by atomic mass is 16.3. The minimum absolute atomic E-state index is 0.316. The van der Waals surface area contributed by atoms with Crippen molar-refractivity contribution in [2.75, 3.05) is 6.61 Å². The number of rotatable bonds is 7. The van der Waals surface area contributed by atoms with E-state index >= 15 is 0 Å². The monoisotopic (exact) mass is 227 g/mol. The third-order valence-electron chi connectivity index (χ3n) is 3.99. The maximum atomic E-state index is 8.97. The van der Waals surface area contributed by atoms with Crippen LogP contribution in [0.5, 0.6) is 0 Å². The fourth-order valence-corrected chi connectivity index (χ4v) is 2.92. The molecule has 0 spiro atoms. The van der Waals surface area contributed by atoms with Crippen LogP contribution in [0.1, 0.15) is 65.2 Å². The number of aliphatic hydroxyl groups is 1. The lowest BCUT2D eigenvalue weighted by atomic mass is 9.83. The first-order valence-corrected chi connectivity index (χ1v) is 7.17. The van der Waals surface area contributed by atoms with Crippen molar-refractivity contribution in [3.8, 4) is 0 Å². The summed E-state index contributed by atoms with van der Waals surface area (Å²) in [5.41, 5.74) is 0. The number of hydrogen-bond donors (Lipinski definition) is 2. The quantitative estimate of drug-likeness (QED) is 0.700. The van der Waals surface area contributed by atoms with Gasteiger partial charge in [0.25, 0.3) is 0 Å². The molecule has 0 radical (unpaired) electrons. The molecule has 0 bridgehead atoms. The van der Waals surface area contributed by atoms with Crippen molar-refractivity contribution in [2.24, 2.45) is 5.92 Å². The van der Waals surface area contributed by atoms with E-state index in [1.54, 1.807) is 0 Å².